The van der Waals surface area contributed by atoms with E-state index in [1.165, 1.54) is 4.90 Å². The molecule has 2 aromatic rings. The first-order chi connectivity index (χ1) is 16.1. The number of nitrogens with zero attached hydrogens (tertiary/aromatic N) is 2. The molecule has 7 nitrogen and oxygen atoms in total. The molecule has 8 heteroatoms. The van der Waals surface area contributed by atoms with Crippen molar-refractivity contribution < 1.29 is 18.0 Å². The topological polar surface area (TPSA) is 86.8 Å². The lowest BCUT2D eigenvalue weighted by atomic mass is 10.1. The van der Waals surface area contributed by atoms with E-state index in [4.69, 9.17) is 0 Å². The van der Waals surface area contributed by atoms with Crippen LogP contribution in [0.15, 0.2) is 48.5 Å². The molecule has 1 unspecified atom stereocenters. The third-order valence-corrected chi connectivity index (χ3v) is 6.84. The van der Waals surface area contributed by atoms with Gasteiger partial charge in [-0.15, -0.1) is 0 Å². The van der Waals surface area contributed by atoms with Crippen LogP contribution in [0.2, 0.25) is 0 Å². The van der Waals surface area contributed by atoms with E-state index < -0.39 is 22.0 Å². The van der Waals surface area contributed by atoms with Crippen molar-refractivity contribution in [1.29, 1.82) is 0 Å². The number of aryl methyl sites for hydroxylation is 2. The lowest BCUT2D eigenvalue weighted by molar-refractivity contribution is -0.140. The van der Waals surface area contributed by atoms with Crippen LogP contribution in [-0.4, -0.2) is 50.5 Å². The fourth-order valence-electron chi connectivity index (χ4n) is 3.87. The SMILES string of the molecule is CCCCNC(=O)C(CC)N(Cc1cccc(C)c1)C(=O)CN(c1ccccc1C)S(C)(=O)=O. The first kappa shape index (κ1) is 27.4. The Morgan fingerprint density at radius 2 is 1.74 bits per heavy atom. The number of hydrogen-bond donors (Lipinski definition) is 1. The average Bonchev–Trinajstić information content (AvgIpc) is 2.77. The third kappa shape index (κ3) is 7.58. The number of rotatable bonds is 12. The van der Waals surface area contributed by atoms with Crippen LogP contribution in [0.25, 0.3) is 0 Å². The summed E-state index contributed by atoms with van der Waals surface area (Å²) in [5.74, 6) is -0.647. The Morgan fingerprint density at radius 1 is 1.03 bits per heavy atom. The van der Waals surface area contributed by atoms with Gasteiger partial charge in [0, 0.05) is 13.1 Å². The van der Waals surface area contributed by atoms with Gasteiger partial charge in [-0.1, -0.05) is 68.3 Å². The Hall–Kier alpha value is -2.87. The molecule has 186 valence electrons. The molecule has 0 spiro atoms. The van der Waals surface area contributed by atoms with Crippen molar-refractivity contribution in [3.05, 3.63) is 65.2 Å². The Labute approximate surface area is 204 Å². The molecule has 0 heterocycles. The van der Waals surface area contributed by atoms with Crippen molar-refractivity contribution in [1.82, 2.24) is 10.2 Å². The summed E-state index contributed by atoms with van der Waals surface area (Å²) in [6.45, 7) is 8.04. The first-order valence-corrected chi connectivity index (χ1v) is 13.6. The van der Waals surface area contributed by atoms with Crippen molar-refractivity contribution in [2.75, 3.05) is 23.7 Å². The highest BCUT2D eigenvalue weighted by atomic mass is 32.2. The minimum Gasteiger partial charge on any atom is -0.354 e. The number of hydrogen-bond acceptors (Lipinski definition) is 4. The van der Waals surface area contributed by atoms with Crippen molar-refractivity contribution in [2.24, 2.45) is 0 Å². The highest BCUT2D eigenvalue weighted by Gasteiger charge is 2.31. The van der Waals surface area contributed by atoms with E-state index in [1.807, 2.05) is 51.1 Å². The molecular weight excluding hydrogens is 450 g/mol. The molecule has 2 aromatic carbocycles. The summed E-state index contributed by atoms with van der Waals surface area (Å²) in [4.78, 5) is 28.2. The molecule has 0 aliphatic heterocycles. The maximum absolute atomic E-state index is 13.6. The van der Waals surface area contributed by atoms with Gasteiger partial charge >= 0.3 is 0 Å². The standard InChI is InChI=1S/C26H37N3O4S/c1-6-8-16-27-26(31)23(7-2)28(18-22-14-11-12-20(3)17-22)25(30)19-29(34(5,32)33)24-15-10-9-13-21(24)4/h9-15,17,23H,6-8,16,18-19H2,1-5H3,(H,27,31). The minimum atomic E-state index is -3.73. The van der Waals surface area contributed by atoms with Gasteiger partial charge < -0.3 is 10.2 Å². The molecule has 0 aliphatic carbocycles. The summed E-state index contributed by atoms with van der Waals surface area (Å²) < 4.78 is 26.5. The highest BCUT2D eigenvalue weighted by Crippen LogP contribution is 2.23. The molecule has 34 heavy (non-hydrogen) atoms. The fraction of sp³-hybridized carbons (Fsp3) is 0.462. The number of sulfonamides is 1. The van der Waals surface area contributed by atoms with Crippen LogP contribution >= 0.6 is 0 Å². The molecule has 0 saturated heterocycles. The summed E-state index contributed by atoms with van der Waals surface area (Å²) in [6.07, 6.45) is 3.30. The molecule has 0 radical (unpaired) electrons. The number of para-hydroxylation sites is 1. The molecule has 0 aromatic heterocycles. The van der Waals surface area contributed by atoms with Crippen LogP contribution in [0.1, 0.15) is 49.8 Å². The van der Waals surface area contributed by atoms with E-state index in [1.54, 1.807) is 25.1 Å². The molecule has 1 atom stereocenters. The summed E-state index contributed by atoms with van der Waals surface area (Å²) in [5, 5.41) is 2.93. The molecule has 2 amide bonds. The van der Waals surface area contributed by atoms with Crippen LogP contribution in [0.5, 0.6) is 0 Å². The maximum atomic E-state index is 13.6. The van der Waals surface area contributed by atoms with Crippen LogP contribution in [0, 0.1) is 13.8 Å². The van der Waals surface area contributed by atoms with Crippen LogP contribution in [0.3, 0.4) is 0 Å². The van der Waals surface area contributed by atoms with E-state index in [-0.39, 0.29) is 19.0 Å². The largest absolute Gasteiger partial charge is 0.354 e. The average molecular weight is 488 g/mol. The van der Waals surface area contributed by atoms with Gasteiger partial charge in [0.1, 0.15) is 12.6 Å². The second kappa shape index (κ2) is 12.6. The highest BCUT2D eigenvalue weighted by molar-refractivity contribution is 7.92. The molecule has 0 fully saturated rings. The van der Waals surface area contributed by atoms with E-state index in [0.717, 1.165) is 40.1 Å². The first-order valence-electron chi connectivity index (χ1n) is 11.7. The van der Waals surface area contributed by atoms with Crippen LogP contribution in [-0.2, 0) is 26.2 Å². The van der Waals surface area contributed by atoms with Gasteiger partial charge in [-0.3, -0.25) is 13.9 Å². The van der Waals surface area contributed by atoms with Gasteiger partial charge in [-0.25, -0.2) is 8.42 Å². The molecule has 2 rings (SSSR count). The van der Waals surface area contributed by atoms with Crippen molar-refractivity contribution in [3.8, 4) is 0 Å². The molecule has 0 aliphatic rings. The second-order valence-corrected chi connectivity index (χ2v) is 10.5. The molecule has 1 N–H and O–H groups in total. The monoisotopic (exact) mass is 487 g/mol. The number of benzene rings is 2. The number of carbonyl (C=O) groups is 2. The summed E-state index contributed by atoms with van der Waals surface area (Å²) in [7, 11) is -3.73. The number of amides is 2. The van der Waals surface area contributed by atoms with Crippen LogP contribution < -0.4 is 9.62 Å². The van der Waals surface area contributed by atoms with Gasteiger partial charge in [-0.05, 0) is 43.9 Å². The summed E-state index contributed by atoms with van der Waals surface area (Å²) in [5.41, 5.74) is 3.13. The normalized spacial score (nSPS) is 12.1. The molecule has 0 saturated carbocycles. The zero-order valence-corrected chi connectivity index (χ0v) is 21.7. The second-order valence-electron chi connectivity index (χ2n) is 8.64. The zero-order chi connectivity index (χ0) is 25.3. The fourth-order valence-corrected chi connectivity index (χ4v) is 4.78. The van der Waals surface area contributed by atoms with Gasteiger partial charge in [0.25, 0.3) is 0 Å². The van der Waals surface area contributed by atoms with Gasteiger partial charge in [0.05, 0.1) is 11.9 Å². The van der Waals surface area contributed by atoms with E-state index in [9.17, 15) is 18.0 Å². The van der Waals surface area contributed by atoms with Crippen molar-refractivity contribution >= 4 is 27.5 Å². The predicted octanol–water partition coefficient (Wildman–Crippen LogP) is 3.79. The Kier molecular flexibility index (Phi) is 10.1. The van der Waals surface area contributed by atoms with E-state index in [0.29, 0.717) is 18.7 Å². The van der Waals surface area contributed by atoms with Crippen molar-refractivity contribution in [2.45, 2.75) is 59.5 Å². The molecular formula is C26H37N3O4S. The Balaban J connectivity index is 2.41. The minimum absolute atomic E-state index is 0.214. The van der Waals surface area contributed by atoms with Gasteiger partial charge in [0.2, 0.25) is 21.8 Å². The summed E-state index contributed by atoms with van der Waals surface area (Å²) in [6, 6.07) is 14.1. The maximum Gasteiger partial charge on any atom is 0.244 e. The Bertz CT molecular complexity index is 1080. The van der Waals surface area contributed by atoms with Gasteiger partial charge in [0.15, 0.2) is 0 Å². The quantitative estimate of drug-likeness (QED) is 0.462. The van der Waals surface area contributed by atoms with E-state index >= 15 is 0 Å². The smallest absolute Gasteiger partial charge is 0.244 e. The predicted molar refractivity (Wildman–Crippen MR) is 137 cm³/mol. The number of anilines is 1. The van der Waals surface area contributed by atoms with E-state index in [2.05, 4.69) is 5.32 Å². The number of carbonyl (C=O) groups excluding carboxylic acids is 2. The lowest BCUT2D eigenvalue weighted by Gasteiger charge is -2.33. The zero-order valence-electron chi connectivity index (χ0n) is 20.9. The third-order valence-electron chi connectivity index (χ3n) is 5.71. The number of nitrogens with one attached hydrogen (secondary N) is 1. The van der Waals surface area contributed by atoms with Crippen molar-refractivity contribution in [3.63, 3.8) is 0 Å². The Morgan fingerprint density at radius 3 is 2.32 bits per heavy atom. The summed E-state index contributed by atoms with van der Waals surface area (Å²) >= 11 is 0. The van der Waals surface area contributed by atoms with Gasteiger partial charge in [-0.2, -0.15) is 0 Å². The number of unbranched alkanes of at least 4 members (excludes halogenated alkanes) is 1. The molecule has 0 bridgehead atoms. The van der Waals surface area contributed by atoms with Crippen LogP contribution in [0.4, 0.5) is 5.69 Å². The lowest BCUT2D eigenvalue weighted by Crippen LogP contribution is -2.52.